The maximum Gasteiger partial charge on any atom is 0.238 e. The summed E-state index contributed by atoms with van der Waals surface area (Å²) in [6.45, 7) is 7.71. The van der Waals surface area contributed by atoms with Gasteiger partial charge in [-0.05, 0) is 41.6 Å². The van der Waals surface area contributed by atoms with Crippen LogP contribution in [0.1, 0.15) is 48.5 Å². The molecule has 0 saturated carbocycles. The van der Waals surface area contributed by atoms with E-state index in [4.69, 9.17) is 0 Å². The van der Waals surface area contributed by atoms with Crippen LogP contribution in [0.4, 0.5) is 11.4 Å². The summed E-state index contributed by atoms with van der Waals surface area (Å²) in [7, 11) is 0. The van der Waals surface area contributed by atoms with E-state index >= 15 is 0 Å². The minimum Gasteiger partial charge on any atom is -0.352 e. The van der Waals surface area contributed by atoms with Crippen molar-refractivity contribution >= 4 is 45.8 Å². The first-order valence-electron chi connectivity index (χ1n) is 12.3. The van der Waals surface area contributed by atoms with Gasteiger partial charge in [0.25, 0.3) is 0 Å². The summed E-state index contributed by atoms with van der Waals surface area (Å²) < 4.78 is 0. The zero-order valence-electron chi connectivity index (χ0n) is 20.7. The lowest BCUT2D eigenvalue weighted by molar-refractivity contribution is -0.128. The lowest BCUT2D eigenvalue weighted by Crippen LogP contribution is -2.51. The minimum absolute atomic E-state index is 0.0424. The lowest BCUT2D eigenvalue weighted by atomic mass is 9.63. The van der Waals surface area contributed by atoms with Gasteiger partial charge in [0.15, 0.2) is 11.6 Å². The van der Waals surface area contributed by atoms with Gasteiger partial charge in [-0.2, -0.15) is 0 Å². The van der Waals surface area contributed by atoms with Crippen molar-refractivity contribution in [3.63, 3.8) is 0 Å². The summed E-state index contributed by atoms with van der Waals surface area (Å²) in [6, 6.07) is 17.9. The molecule has 0 aliphatic carbocycles. The molecule has 3 aromatic rings. The second-order valence-electron chi connectivity index (χ2n) is 11.0. The summed E-state index contributed by atoms with van der Waals surface area (Å²) in [6.07, 6.45) is 2.09. The number of rotatable bonds is 3. The third kappa shape index (κ3) is 2.91. The number of ketones is 2. The molecule has 6 heteroatoms. The van der Waals surface area contributed by atoms with E-state index in [0.717, 1.165) is 22.4 Å². The second-order valence-corrected chi connectivity index (χ2v) is 11.9. The van der Waals surface area contributed by atoms with Crippen LogP contribution < -0.4 is 10.2 Å². The molecule has 5 nitrogen and oxygen atoms in total. The Hall–Kier alpha value is -3.51. The van der Waals surface area contributed by atoms with Crippen molar-refractivity contribution in [3.8, 4) is 0 Å². The zero-order valence-corrected chi connectivity index (χ0v) is 21.6. The van der Waals surface area contributed by atoms with Crippen LogP contribution in [0.5, 0.6) is 0 Å². The van der Waals surface area contributed by atoms with E-state index < -0.39 is 28.8 Å². The highest BCUT2D eigenvalue weighted by molar-refractivity contribution is 7.12. The molecule has 1 saturated heterocycles. The Labute approximate surface area is 214 Å². The largest absolute Gasteiger partial charge is 0.352 e. The fourth-order valence-corrected chi connectivity index (χ4v) is 7.11. The van der Waals surface area contributed by atoms with Crippen LogP contribution in [0.3, 0.4) is 0 Å². The Morgan fingerprint density at radius 3 is 2.44 bits per heavy atom. The third-order valence-electron chi connectivity index (χ3n) is 7.94. The number of amides is 1. The molecule has 4 unspecified atom stereocenters. The normalized spacial score (nSPS) is 26.2. The van der Waals surface area contributed by atoms with E-state index in [0.29, 0.717) is 10.6 Å². The number of nitrogens with zero attached hydrogens (tertiary/aromatic N) is 1. The highest BCUT2D eigenvalue weighted by Crippen LogP contribution is 2.59. The summed E-state index contributed by atoms with van der Waals surface area (Å²) in [5.74, 6) is -1.30. The summed E-state index contributed by atoms with van der Waals surface area (Å²) in [4.78, 5) is 45.6. The van der Waals surface area contributed by atoms with Gasteiger partial charge in [-0.3, -0.25) is 14.4 Å². The monoisotopic (exact) mass is 496 g/mol. The van der Waals surface area contributed by atoms with Crippen LogP contribution in [0.2, 0.25) is 0 Å². The quantitative estimate of drug-likeness (QED) is 0.471. The van der Waals surface area contributed by atoms with Gasteiger partial charge in [-0.15, -0.1) is 11.3 Å². The molecule has 4 heterocycles. The molecule has 1 aromatic heterocycles. The van der Waals surface area contributed by atoms with Crippen molar-refractivity contribution in [2.45, 2.75) is 45.2 Å². The summed E-state index contributed by atoms with van der Waals surface area (Å²) >= 11 is 1.36. The molecule has 1 fully saturated rings. The average Bonchev–Trinajstić information content (AvgIpc) is 3.55. The molecule has 4 atom stereocenters. The van der Waals surface area contributed by atoms with E-state index in [1.807, 2.05) is 87.7 Å². The molecular weight excluding hydrogens is 468 g/mol. The van der Waals surface area contributed by atoms with Crippen molar-refractivity contribution in [2.24, 2.45) is 11.3 Å². The Morgan fingerprint density at radius 1 is 1.00 bits per heavy atom. The van der Waals surface area contributed by atoms with Crippen molar-refractivity contribution < 1.29 is 14.4 Å². The van der Waals surface area contributed by atoms with Gasteiger partial charge < -0.3 is 10.2 Å². The molecule has 1 amide bonds. The molecule has 1 N–H and O–H groups in total. The van der Waals surface area contributed by atoms with Crippen LogP contribution in [0.25, 0.3) is 5.57 Å². The molecule has 3 aliphatic heterocycles. The standard InChI is InChI=1S/C30H28N2O3S/c1-17-16-23-30(19-11-6-7-12-20(19)31-28(30)35)24(26(33)22-14-9-15-36-22)25(27(34)29(2,3)4)32(23)21-13-8-5-10-18(17)21/h5-16,23-25H,1-4H3,(H,31,35). The SMILES string of the molecule is CC1=CC2N(c3ccccc31)C(C(=O)C(C)(C)C)C(C(=O)c1cccs1)C21C(=O)Nc2ccccc21. The number of benzene rings is 2. The first-order valence-corrected chi connectivity index (χ1v) is 13.1. The van der Waals surface area contributed by atoms with Gasteiger partial charge in [0.2, 0.25) is 5.91 Å². The van der Waals surface area contributed by atoms with E-state index in [1.165, 1.54) is 11.3 Å². The topological polar surface area (TPSA) is 66.5 Å². The summed E-state index contributed by atoms with van der Waals surface area (Å²) in [5, 5.41) is 4.94. The van der Waals surface area contributed by atoms with Gasteiger partial charge in [0.05, 0.1) is 16.8 Å². The number of allylic oxidation sites excluding steroid dienone is 1. The number of hydrogen-bond acceptors (Lipinski definition) is 5. The van der Waals surface area contributed by atoms with Crippen molar-refractivity contribution in [2.75, 3.05) is 10.2 Å². The fraction of sp³-hybridized carbons (Fsp3) is 0.300. The minimum atomic E-state index is -1.24. The number of hydrogen-bond donors (Lipinski definition) is 1. The number of thiophene rings is 1. The molecular formula is C30H28N2O3S. The van der Waals surface area contributed by atoms with E-state index in [-0.39, 0.29) is 17.5 Å². The Bertz CT molecular complexity index is 1450. The molecule has 6 rings (SSSR count). The number of carbonyl (C=O) groups is 3. The molecule has 2 aromatic carbocycles. The molecule has 0 bridgehead atoms. The Kier molecular flexibility index (Phi) is 4.93. The maximum atomic E-state index is 14.4. The van der Waals surface area contributed by atoms with Crippen LogP contribution in [-0.2, 0) is 15.0 Å². The van der Waals surface area contributed by atoms with Crippen molar-refractivity contribution in [1.82, 2.24) is 0 Å². The maximum absolute atomic E-state index is 14.4. The second kappa shape index (κ2) is 7.74. The summed E-state index contributed by atoms with van der Waals surface area (Å²) in [5.41, 5.74) is 2.49. The molecule has 3 aliphatic rings. The van der Waals surface area contributed by atoms with Gasteiger partial charge in [-0.1, -0.05) is 69.3 Å². The number of Topliss-reactive ketones (excluding diaryl/α,β-unsaturated/α-hetero) is 2. The predicted octanol–water partition coefficient (Wildman–Crippen LogP) is 5.73. The predicted molar refractivity (Wildman–Crippen MR) is 143 cm³/mol. The fourth-order valence-electron chi connectivity index (χ4n) is 6.40. The number of fused-ring (bicyclic) bond motifs is 6. The van der Waals surface area contributed by atoms with Crippen LogP contribution >= 0.6 is 11.3 Å². The van der Waals surface area contributed by atoms with Crippen molar-refractivity contribution in [3.05, 3.63) is 88.1 Å². The molecule has 36 heavy (non-hydrogen) atoms. The third-order valence-corrected chi connectivity index (χ3v) is 8.82. The number of nitrogens with one attached hydrogen (secondary N) is 1. The number of anilines is 2. The van der Waals surface area contributed by atoms with Crippen LogP contribution in [-0.4, -0.2) is 29.6 Å². The van der Waals surface area contributed by atoms with Crippen molar-refractivity contribution in [1.29, 1.82) is 0 Å². The van der Waals surface area contributed by atoms with Gasteiger partial charge >= 0.3 is 0 Å². The van der Waals surface area contributed by atoms with E-state index in [9.17, 15) is 14.4 Å². The van der Waals surface area contributed by atoms with Crippen LogP contribution in [0, 0.1) is 11.3 Å². The highest BCUT2D eigenvalue weighted by Gasteiger charge is 2.71. The van der Waals surface area contributed by atoms with E-state index in [2.05, 4.69) is 16.3 Å². The Morgan fingerprint density at radius 2 is 1.72 bits per heavy atom. The number of para-hydroxylation sites is 2. The Balaban J connectivity index is 1.72. The first-order chi connectivity index (χ1) is 17.2. The highest BCUT2D eigenvalue weighted by atomic mass is 32.1. The average molecular weight is 497 g/mol. The molecule has 182 valence electrons. The molecule has 0 radical (unpaired) electrons. The zero-order chi connectivity index (χ0) is 25.4. The van der Waals surface area contributed by atoms with Crippen LogP contribution in [0.15, 0.2) is 72.1 Å². The lowest BCUT2D eigenvalue weighted by Gasteiger charge is -2.39. The smallest absolute Gasteiger partial charge is 0.238 e. The van der Waals surface area contributed by atoms with Gasteiger partial charge in [0.1, 0.15) is 11.5 Å². The first kappa shape index (κ1) is 22.9. The van der Waals surface area contributed by atoms with E-state index in [1.54, 1.807) is 6.07 Å². The molecule has 1 spiro atoms. The van der Waals surface area contributed by atoms with Gasteiger partial charge in [-0.25, -0.2) is 0 Å². The van der Waals surface area contributed by atoms with Gasteiger partial charge in [0, 0.05) is 22.4 Å². The number of carbonyl (C=O) groups excluding carboxylic acids is 3.